The summed E-state index contributed by atoms with van der Waals surface area (Å²) in [5.74, 6) is 0.0616. The zero-order valence-corrected chi connectivity index (χ0v) is 11.5. The monoisotopic (exact) mass is 253 g/mol. The van der Waals surface area contributed by atoms with Gasteiger partial charge < -0.3 is 4.90 Å². The standard InChI is InChI=1S/C17H19NO/c1-3-14-9-11-16(12-10-14)17(19)18(2)13-15-7-5-4-6-8-15/h4-12H,3,13H2,1-2H3. The summed E-state index contributed by atoms with van der Waals surface area (Å²) in [5.41, 5.74) is 3.14. The van der Waals surface area contributed by atoms with Crippen molar-refractivity contribution in [1.82, 2.24) is 4.90 Å². The normalized spacial score (nSPS) is 10.2. The number of hydrogen-bond acceptors (Lipinski definition) is 1. The molecule has 98 valence electrons. The first-order valence-corrected chi connectivity index (χ1v) is 6.59. The van der Waals surface area contributed by atoms with Gasteiger partial charge in [0.15, 0.2) is 0 Å². The Bertz CT molecular complexity index is 531. The first kappa shape index (κ1) is 13.3. The molecule has 0 radical (unpaired) electrons. The van der Waals surface area contributed by atoms with Crippen LogP contribution in [0, 0.1) is 0 Å². The fourth-order valence-corrected chi connectivity index (χ4v) is 2.03. The van der Waals surface area contributed by atoms with E-state index in [4.69, 9.17) is 0 Å². The summed E-state index contributed by atoms with van der Waals surface area (Å²) in [6.45, 7) is 2.74. The SMILES string of the molecule is CCc1ccc(C(=O)N(C)Cc2ccccc2)cc1. The van der Waals surface area contributed by atoms with Gasteiger partial charge in [0.2, 0.25) is 0 Å². The van der Waals surface area contributed by atoms with Crippen LogP contribution in [0.3, 0.4) is 0 Å². The maximum atomic E-state index is 12.3. The number of benzene rings is 2. The van der Waals surface area contributed by atoms with E-state index in [2.05, 4.69) is 6.92 Å². The van der Waals surface area contributed by atoms with Gasteiger partial charge in [-0.3, -0.25) is 4.79 Å². The lowest BCUT2D eigenvalue weighted by Crippen LogP contribution is -2.26. The van der Waals surface area contributed by atoms with Gasteiger partial charge in [-0.1, -0.05) is 49.4 Å². The summed E-state index contributed by atoms with van der Waals surface area (Å²) < 4.78 is 0. The molecule has 2 aromatic rings. The molecule has 0 aromatic heterocycles. The molecule has 2 aromatic carbocycles. The Labute approximate surface area is 114 Å². The molecule has 0 aliphatic carbocycles. The van der Waals surface area contributed by atoms with E-state index < -0.39 is 0 Å². The van der Waals surface area contributed by atoms with Crippen LogP contribution >= 0.6 is 0 Å². The Morgan fingerprint density at radius 1 is 0.947 bits per heavy atom. The van der Waals surface area contributed by atoms with Gasteiger partial charge in [-0.15, -0.1) is 0 Å². The summed E-state index contributed by atoms with van der Waals surface area (Å²) >= 11 is 0. The number of nitrogens with zero attached hydrogens (tertiary/aromatic N) is 1. The van der Waals surface area contributed by atoms with Crippen LogP contribution in [0.15, 0.2) is 54.6 Å². The summed E-state index contributed by atoms with van der Waals surface area (Å²) in [7, 11) is 1.84. The minimum Gasteiger partial charge on any atom is -0.337 e. The highest BCUT2D eigenvalue weighted by Gasteiger charge is 2.11. The lowest BCUT2D eigenvalue weighted by molar-refractivity contribution is 0.0785. The molecular weight excluding hydrogens is 234 g/mol. The second-order valence-corrected chi connectivity index (χ2v) is 4.70. The largest absolute Gasteiger partial charge is 0.337 e. The minimum absolute atomic E-state index is 0.0616. The molecule has 0 N–H and O–H groups in total. The van der Waals surface area contributed by atoms with Gasteiger partial charge in [0.1, 0.15) is 0 Å². The summed E-state index contributed by atoms with van der Waals surface area (Å²) in [4.78, 5) is 14.0. The van der Waals surface area contributed by atoms with E-state index in [0.717, 1.165) is 17.5 Å². The van der Waals surface area contributed by atoms with Crippen molar-refractivity contribution in [2.24, 2.45) is 0 Å². The van der Waals surface area contributed by atoms with Crippen LogP contribution in [0.1, 0.15) is 28.4 Å². The maximum Gasteiger partial charge on any atom is 0.253 e. The summed E-state index contributed by atoms with van der Waals surface area (Å²) in [6, 6.07) is 17.9. The number of carbonyl (C=O) groups excluding carboxylic acids is 1. The fraction of sp³-hybridized carbons (Fsp3) is 0.235. The van der Waals surface area contributed by atoms with Gasteiger partial charge in [0, 0.05) is 19.2 Å². The molecule has 0 aliphatic heterocycles. The molecule has 0 heterocycles. The highest BCUT2D eigenvalue weighted by molar-refractivity contribution is 5.94. The van der Waals surface area contributed by atoms with Gasteiger partial charge in [0.25, 0.3) is 5.91 Å². The molecule has 0 atom stereocenters. The predicted octanol–water partition coefficient (Wildman–Crippen LogP) is 3.52. The molecule has 19 heavy (non-hydrogen) atoms. The number of rotatable bonds is 4. The van der Waals surface area contributed by atoms with Gasteiger partial charge in [-0.2, -0.15) is 0 Å². The number of hydrogen-bond donors (Lipinski definition) is 0. The molecular formula is C17H19NO. The smallest absolute Gasteiger partial charge is 0.253 e. The highest BCUT2D eigenvalue weighted by atomic mass is 16.2. The first-order chi connectivity index (χ1) is 9.20. The fourth-order valence-electron chi connectivity index (χ4n) is 2.03. The van der Waals surface area contributed by atoms with Crippen molar-refractivity contribution < 1.29 is 4.79 Å². The van der Waals surface area contributed by atoms with Crippen LogP contribution in [0.5, 0.6) is 0 Å². The lowest BCUT2D eigenvalue weighted by Gasteiger charge is -2.17. The summed E-state index contributed by atoms with van der Waals surface area (Å²) in [6.07, 6.45) is 0.994. The number of carbonyl (C=O) groups is 1. The van der Waals surface area contributed by atoms with Gasteiger partial charge in [0.05, 0.1) is 0 Å². The average Bonchev–Trinajstić information content (AvgIpc) is 2.47. The third-order valence-electron chi connectivity index (χ3n) is 3.22. The minimum atomic E-state index is 0.0616. The zero-order chi connectivity index (χ0) is 13.7. The molecule has 0 bridgehead atoms. The zero-order valence-electron chi connectivity index (χ0n) is 11.5. The molecule has 1 amide bonds. The number of amides is 1. The van der Waals surface area contributed by atoms with Crippen LogP contribution in [0.4, 0.5) is 0 Å². The highest BCUT2D eigenvalue weighted by Crippen LogP contribution is 2.10. The van der Waals surface area contributed by atoms with Gasteiger partial charge in [-0.25, -0.2) is 0 Å². The van der Waals surface area contributed by atoms with E-state index in [9.17, 15) is 4.79 Å². The molecule has 0 unspecified atom stereocenters. The van der Waals surface area contributed by atoms with Crippen molar-refractivity contribution in [3.05, 3.63) is 71.3 Å². The average molecular weight is 253 g/mol. The predicted molar refractivity (Wildman–Crippen MR) is 78.1 cm³/mol. The second-order valence-electron chi connectivity index (χ2n) is 4.70. The van der Waals surface area contributed by atoms with Gasteiger partial charge >= 0.3 is 0 Å². The Morgan fingerprint density at radius 2 is 1.58 bits per heavy atom. The third kappa shape index (κ3) is 3.44. The molecule has 0 fully saturated rings. The summed E-state index contributed by atoms with van der Waals surface area (Å²) in [5, 5.41) is 0. The van der Waals surface area contributed by atoms with Crippen LogP contribution < -0.4 is 0 Å². The van der Waals surface area contributed by atoms with E-state index in [-0.39, 0.29) is 5.91 Å². The molecule has 0 spiro atoms. The van der Waals surface area contributed by atoms with Gasteiger partial charge in [-0.05, 0) is 29.7 Å². The van der Waals surface area contributed by atoms with Crippen molar-refractivity contribution in [2.45, 2.75) is 19.9 Å². The van der Waals surface area contributed by atoms with Crippen LogP contribution in [0.2, 0.25) is 0 Å². The third-order valence-corrected chi connectivity index (χ3v) is 3.22. The molecule has 2 nitrogen and oxygen atoms in total. The molecule has 2 rings (SSSR count). The molecule has 0 saturated heterocycles. The van der Waals surface area contributed by atoms with E-state index in [1.807, 2.05) is 61.6 Å². The van der Waals surface area contributed by atoms with Crippen molar-refractivity contribution in [3.63, 3.8) is 0 Å². The van der Waals surface area contributed by atoms with E-state index in [1.165, 1.54) is 5.56 Å². The van der Waals surface area contributed by atoms with Crippen LogP contribution in [-0.4, -0.2) is 17.9 Å². The van der Waals surface area contributed by atoms with Crippen LogP contribution in [0.25, 0.3) is 0 Å². The quantitative estimate of drug-likeness (QED) is 0.816. The maximum absolute atomic E-state index is 12.3. The molecule has 2 heteroatoms. The van der Waals surface area contributed by atoms with Crippen molar-refractivity contribution in [3.8, 4) is 0 Å². The Morgan fingerprint density at radius 3 is 2.16 bits per heavy atom. The van der Waals surface area contributed by atoms with E-state index in [0.29, 0.717) is 6.54 Å². The van der Waals surface area contributed by atoms with E-state index in [1.54, 1.807) is 4.90 Å². The van der Waals surface area contributed by atoms with Crippen molar-refractivity contribution >= 4 is 5.91 Å². The number of aryl methyl sites for hydroxylation is 1. The Balaban J connectivity index is 2.06. The van der Waals surface area contributed by atoms with E-state index >= 15 is 0 Å². The Kier molecular flexibility index (Phi) is 4.35. The first-order valence-electron chi connectivity index (χ1n) is 6.59. The van der Waals surface area contributed by atoms with Crippen molar-refractivity contribution in [1.29, 1.82) is 0 Å². The Hall–Kier alpha value is -2.09. The molecule has 0 saturated carbocycles. The topological polar surface area (TPSA) is 20.3 Å². The lowest BCUT2D eigenvalue weighted by atomic mass is 10.1. The second kappa shape index (κ2) is 6.19. The molecule has 0 aliphatic rings. The van der Waals surface area contributed by atoms with Crippen LogP contribution in [-0.2, 0) is 13.0 Å². The van der Waals surface area contributed by atoms with Crippen molar-refractivity contribution in [2.75, 3.05) is 7.05 Å².